The molecule has 1 radical (unpaired) electrons. The molecule has 0 aromatic heterocycles. The second-order valence-electron chi connectivity index (χ2n) is 7.94. The van der Waals surface area contributed by atoms with Crippen LogP contribution in [0.2, 0.25) is 0 Å². The summed E-state index contributed by atoms with van der Waals surface area (Å²) < 4.78 is 0. The number of benzene rings is 3. The van der Waals surface area contributed by atoms with Crippen molar-refractivity contribution in [3.8, 4) is 11.1 Å². The Morgan fingerprint density at radius 2 is 1.59 bits per heavy atom. The number of hydrogen-bond donors (Lipinski definition) is 0. The van der Waals surface area contributed by atoms with Crippen LogP contribution in [0.5, 0.6) is 0 Å². The molecule has 1 fully saturated rings. The zero-order chi connectivity index (χ0) is 17.3. The van der Waals surface area contributed by atoms with E-state index in [0.29, 0.717) is 0 Å². The summed E-state index contributed by atoms with van der Waals surface area (Å²) >= 11 is 0. The van der Waals surface area contributed by atoms with Crippen molar-refractivity contribution in [1.82, 2.24) is 0 Å². The molecule has 3 aromatic carbocycles. The van der Waals surface area contributed by atoms with Crippen molar-refractivity contribution >= 4 is 16.8 Å². The Morgan fingerprint density at radius 1 is 0.778 bits per heavy atom. The minimum atomic E-state index is 0. The van der Waals surface area contributed by atoms with E-state index >= 15 is 0 Å². The minimum absolute atomic E-state index is 0. The second kappa shape index (κ2) is 8.28. The van der Waals surface area contributed by atoms with Crippen LogP contribution in [0.4, 0.5) is 0 Å². The Kier molecular flexibility index (Phi) is 5.79. The molecule has 0 unspecified atom stereocenters. The third-order valence-electron chi connectivity index (χ3n) is 6.12. The van der Waals surface area contributed by atoms with Crippen LogP contribution in [0.3, 0.4) is 0 Å². The molecule has 0 amide bonds. The van der Waals surface area contributed by atoms with Gasteiger partial charge in [-0.2, -0.15) is 0 Å². The van der Waals surface area contributed by atoms with E-state index in [1.807, 2.05) is 0 Å². The van der Waals surface area contributed by atoms with E-state index in [0.717, 1.165) is 5.92 Å². The maximum Gasteiger partial charge on any atom is 0.0164 e. The fraction of sp³-hybridized carbons (Fsp3) is 0.269. The maximum atomic E-state index is 2.45. The molecule has 3 aromatic rings. The van der Waals surface area contributed by atoms with Crippen LogP contribution in [-0.2, 0) is 26.2 Å². The first kappa shape index (κ1) is 18.9. The van der Waals surface area contributed by atoms with Gasteiger partial charge in [-0.3, -0.25) is 0 Å². The van der Waals surface area contributed by atoms with Gasteiger partial charge in [0.05, 0.1) is 0 Å². The molecule has 0 atom stereocenters. The molecule has 0 heterocycles. The molecule has 133 valence electrons. The summed E-state index contributed by atoms with van der Waals surface area (Å²) in [5.74, 6) is 0.893. The van der Waals surface area contributed by atoms with Crippen LogP contribution < -0.4 is 0 Å². The van der Waals surface area contributed by atoms with Gasteiger partial charge in [-0.05, 0) is 51.4 Å². The third-order valence-corrected chi connectivity index (χ3v) is 6.12. The number of fused-ring (bicyclic) bond motifs is 2. The van der Waals surface area contributed by atoms with Crippen LogP contribution in [0.15, 0.2) is 66.2 Å². The second-order valence-corrected chi connectivity index (χ2v) is 7.94. The fourth-order valence-corrected chi connectivity index (χ4v) is 4.75. The Hall–Kier alpha value is -1.46. The van der Waals surface area contributed by atoms with E-state index < -0.39 is 0 Å². The molecule has 2 aliphatic rings. The first-order valence-electron chi connectivity index (χ1n) is 10.0. The molecule has 1 saturated carbocycles. The van der Waals surface area contributed by atoms with Crippen molar-refractivity contribution < 1.29 is 26.2 Å². The third kappa shape index (κ3) is 3.90. The Bertz CT molecular complexity index is 976. The van der Waals surface area contributed by atoms with Crippen LogP contribution >= 0.6 is 0 Å². The SMILES string of the molecule is [CH]1C(CC2CCCCC2)=Cc2c1cccc2-c1ccc2ccccc2c1.[Zr]. The van der Waals surface area contributed by atoms with Crippen molar-refractivity contribution in [2.45, 2.75) is 38.5 Å². The van der Waals surface area contributed by atoms with Crippen LogP contribution in [0, 0.1) is 12.3 Å². The number of hydrogen-bond acceptors (Lipinski definition) is 0. The molecular weight excluding hydrogens is 404 g/mol. The summed E-state index contributed by atoms with van der Waals surface area (Å²) in [5.41, 5.74) is 7.02. The molecule has 0 bridgehead atoms. The standard InChI is InChI=1S/C26H25.Zr/c1-2-7-19(8-3-1)15-20-16-23-11-6-12-25(26(23)17-20)24-14-13-21-9-4-5-10-22(21)18-24;/h4-6,9-14,16-19H,1-3,7-8,15H2;. The van der Waals surface area contributed by atoms with Crippen molar-refractivity contribution in [2.75, 3.05) is 0 Å². The van der Waals surface area contributed by atoms with Crippen molar-refractivity contribution in [3.63, 3.8) is 0 Å². The molecule has 0 saturated heterocycles. The molecule has 0 aliphatic heterocycles. The van der Waals surface area contributed by atoms with Crippen molar-refractivity contribution in [2.24, 2.45) is 5.92 Å². The summed E-state index contributed by atoms with van der Waals surface area (Å²) in [6.07, 6.45) is 13.2. The Balaban J connectivity index is 0.00000180. The van der Waals surface area contributed by atoms with Crippen molar-refractivity contribution in [3.05, 3.63) is 83.8 Å². The van der Waals surface area contributed by atoms with E-state index in [1.54, 1.807) is 0 Å². The molecule has 27 heavy (non-hydrogen) atoms. The van der Waals surface area contributed by atoms with Crippen LogP contribution in [0.25, 0.3) is 28.0 Å². The normalized spacial score (nSPS) is 16.7. The van der Waals surface area contributed by atoms with Gasteiger partial charge in [-0.25, -0.2) is 0 Å². The van der Waals surface area contributed by atoms with E-state index in [2.05, 4.69) is 73.2 Å². The first-order chi connectivity index (χ1) is 12.9. The van der Waals surface area contributed by atoms with Gasteiger partial charge >= 0.3 is 0 Å². The predicted molar refractivity (Wildman–Crippen MR) is 112 cm³/mol. The van der Waals surface area contributed by atoms with Crippen molar-refractivity contribution in [1.29, 1.82) is 0 Å². The monoisotopic (exact) mass is 427 g/mol. The van der Waals surface area contributed by atoms with E-state index in [-0.39, 0.29) is 26.2 Å². The number of rotatable bonds is 3. The van der Waals surface area contributed by atoms with Crippen LogP contribution in [-0.4, -0.2) is 0 Å². The summed E-state index contributed by atoms with van der Waals surface area (Å²) in [4.78, 5) is 0. The van der Waals surface area contributed by atoms with E-state index in [9.17, 15) is 0 Å². The fourth-order valence-electron chi connectivity index (χ4n) is 4.75. The minimum Gasteiger partial charge on any atom is -0.0616 e. The Morgan fingerprint density at radius 3 is 2.44 bits per heavy atom. The van der Waals surface area contributed by atoms with Gasteiger partial charge < -0.3 is 0 Å². The van der Waals surface area contributed by atoms with Gasteiger partial charge in [0, 0.05) is 32.6 Å². The average molecular weight is 429 g/mol. The zero-order valence-corrected chi connectivity index (χ0v) is 18.2. The average Bonchev–Trinajstić information content (AvgIpc) is 3.11. The summed E-state index contributed by atoms with van der Waals surface area (Å²) in [6.45, 7) is 0. The largest absolute Gasteiger partial charge is 0.0616 e. The van der Waals surface area contributed by atoms with E-state index in [4.69, 9.17) is 0 Å². The molecule has 1 heteroatoms. The maximum absolute atomic E-state index is 2.45. The molecule has 0 N–H and O–H groups in total. The van der Waals surface area contributed by atoms with E-state index in [1.165, 1.54) is 77.1 Å². The van der Waals surface area contributed by atoms with Gasteiger partial charge in [0.25, 0.3) is 0 Å². The predicted octanol–water partition coefficient (Wildman–Crippen LogP) is 7.42. The summed E-state index contributed by atoms with van der Waals surface area (Å²) in [5, 5.41) is 2.62. The smallest absolute Gasteiger partial charge is 0.0164 e. The van der Waals surface area contributed by atoms with Crippen LogP contribution in [0.1, 0.15) is 49.7 Å². The first-order valence-corrected chi connectivity index (χ1v) is 10.0. The van der Waals surface area contributed by atoms with Gasteiger partial charge in [0.1, 0.15) is 0 Å². The molecule has 0 spiro atoms. The summed E-state index contributed by atoms with van der Waals surface area (Å²) in [6, 6.07) is 22.2. The zero-order valence-electron chi connectivity index (χ0n) is 15.7. The molecular formula is C26H25Zr. The van der Waals surface area contributed by atoms with Gasteiger partial charge in [-0.1, -0.05) is 98.4 Å². The topological polar surface area (TPSA) is 0 Å². The molecule has 5 rings (SSSR count). The molecule has 0 nitrogen and oxygen atoms in total. The van der Waals surface area contributed by atoms with Gasteiger partial charge in [0.15, 0.2) is 0 Å². The molecule has 2 aliphatic carbocycles. The summed E-state index contributed by atoms with van der Waals surface area (Å²) in [7, 11) is 0. The Labute approximate surface area is 181 Å². The van der Waals surface area contributed by atoms with Gasteiger partial charge in [0.2, 0.25) is 0 Å². The quantitative estimate of drug-likeness (QED) is 0.407. The number of allylic oxidation sites excluding steroid dienone is 1. The van der Waals surface area contributed by atoms with Gasteiger partial charge in [-0.15, -0.1) is 0 Å².